The summed E-state index contributed by atoms with van der Waals surface area (Å²) in [6.45, 7) is 1.44. The number of phenols is 2. The zero-order valence-corrected chi connectivity index (χ0v) is 17.4. The molecular formula is C23H23N3O5. The number of aromatic hydroxyl groups is 2. The highest BCUT2D eigenvalue weighted by molar-refractivity contribution is 6.03. The van der Waals surface area contributed by atoms with Crippen molar-refractivity contribution in [3.63, 3.8) is 0 Å². The average Bonchev–Trinajstić information content (AvgIpc) is 2.72. The van der Waals surface area contributed by atoms with E-state index in [0.717, 1.165) is 5.69 Å². The number of hydrogen-bond donors (Lipinski definition) is 3. The molecule has 0 saturated carbocycles. The zero-order chi connectivity index (χ0) is 22.5. The van der Waals surface area contributed by atoms with E-state index in [1.54, 1.807) is 26.2 Å². The highest BCUT2D eigenvalue weighted by Gasteiger charge is 2.27. The maximum absolute atomic E-state index is 11.8. The van der Waals surface area contributed by atoms with E-state index in [-0.39, 0.29) is 23.4 Å². The van der Waals surface area contributed by atoms with Crippen LogP contribution in [-0.4, -0.2) is 41.1 Å². The van der Waals surface area contributed by atoms with Crippen molar-refractivity contribution in [2.24, 2.45) is 0 Å². The molecule has 0 spiro atoms. The summed E-state index contributed by atoms with van der Waals surface area (Å²) in [7, 11) is 3.41. The van der Waals surface area contributed by atoms with Crippen molar-refractivity contribution < 1.29 is 24.5 Å². The van der Waals surface area contributed by atoms with E-state index in [1.165, 1.54) is 41.0 Å². The van der Waals surface area contributed by atoms with Crippen LogP contribution in [0, 0.1) is 0 Å². The van der Waals surface area contributed by atoms with Crippen molar-refractivity contribution in [2.75, 3.05) is 24.3 Å². The fraction of sp³-hybridized carbons (Fsp3) is 0.130. The van der Waals surface area contributed by atoms with Crippen LogP contribution in [0.5, 0.6) is 23.0 Å². The lowest BCUT2D eigenvalue weighted by atomic mass is 10.1. The topological polar surface area (TPSA) is 102 Å². The first-order valence-corrected chi connectivity index (χ1v) is 9.44. The van der Waals surface area contributed by atoms with Gasteiger partial charge in [-0.15, -0.1) is 0 Å². The SMILES string of the molecule is CC(=O)N1c2ccc(O)cc2Oc2cc(O)ccc21.CN(C)C(=O)Nc1ccccc1. The van der Waals surface area contributed by atoms with Gasteiger partial charge in [0.05, 0.1) is 11.4 Å². The number of ether oxygens (including phenoxy) is 1. The van der Waals surface area contributed by atoms with E-state index < -0.39 is 0 Å². The maximum Gasteiger partial charge on any atom is 0.321 e. The second-order valence-electron chi connectivity index (χ2n) is 6.95. The van der Waals surface area contributed by atoms with Gasteiger partial charge in [-0.25, -0.2) is 4.79 Å². The van der Waals surface area contributed by atoms with Gasteiger partial charge in [0, 0.05) is 38.8 Å². The normalized spacial score (nSPS) is 11.1. The molecule has 0 unspecified atom stereocenters. The average molecular weight is 421 g/mol. The van der Waals surface area contributed by atoms with Crippen molar-refractivity contribution in [1.29, 1.82) is 0 Å². The number of benzene rings is 3. The molecule has 4 rings (SSSR count). The number of nitrogens with one attached hydrogen (secondary N) is 1. The minimum absolute atomic E-state index is 0.0471. The quantitative estimate of drug-likeness (QED) is 0.530. The van der Waals surface area contributed by atoms with Crippen LogP contribution in [0.15, 0.2) is 66.7 Å². The van der Waals surface area contributed by atoms with Gasteiger partial charge in [0.15, 0.2) is 11.5 Å². The molecular weight excluding hydrogens is 398 g/mol. The first-order valence-electron chi connectivity index (χ1n) is 9.44. The molecule has 1 aliphatic rings. The molecule has 1 aliphatic heterocycles. The Morgan fingerprint density at radius 2 is 1.39 bits per heavy atom. The van der Waals surface area contributed by atoms with Crippen LogP contribution in [0.2, 0.25) is 0 Å². The van der Waals surface area contributed by atoms with Crippen LogP contribution in [0.25, 0.3) is 0 Å². The molecule has 160 valence electrons. The summed E-state index contributed by atoms with van der Waals surface area (Å²) >= 11 is 0. The number of amides is 3. The van der Waals surface area contributed by atoms with Gasteiger partial charge in [0.1, 0.15) is 11.5 Å². The Morgan fingerprint density at radius 3 is 1.84 bits per heavy atom. The number of carbonyl (C=O) groups is 2. The molecule has 3 N–H and O–H groups in total. The number of para-hydroxylation sites is 1. The van der Waals surface area contributed by atoms with Crippen LogP contribution in [0.4, 0.5) is 21.9 Å². The molecule has 3 aromatic rings. The van der Waals surface area contributed by atoms with Crippen molar-refractivity contribution in [3.8, 4) is 23.0 Å². The standard InChI is InChI=1S/C14H11NO4.C9H12N2O/c1-8(16)15-11-4-2-9(17)6-13(11)19-14-7-10(18)3-5-12(14)15;1-11(2)9(12)10-8-6-4-3-5-7-8/h2-7,17-18H,1H3;3-7H,1-2H3,(H,10,12). The van der Waals surface area contributed by atoms with Gasteiger partial charge in [-0.05, 0) is 36.4 Å². The van der Waals surface area contributed by atoms with Gasteiger partial charge in [-0.2, -0.15) is 0 Å². The van der Waals surface area contributed by atoms with Gasteiger partial charge in [-0.3, -0.25) is 9.69 Å². The molecule has 0 saturated heterocycles. The number of fused-ring (bicyclic) bond motifs is 2. The molecule has 8 heteroatoms. The van der Waals surface area contributed by atoms with Crippen molar-refractivity contribution in [1.82, 2.24) is 4.90 Å². The van der Waals surface area contributed by atoms with Gasteiger partial charge >= 0.3 is 6.03 Å². The zero-order valence-electron chi connectivity index (χ0n) is 17.4. The molecule has 0 atom stereocenters. The fourth-order valence-electron chi connectivity index (χ4n) is 2.88. The van der Waals surface area contributed by atoms with E-state index in [1.807, 2.05) is 30.3 Å². The molecule has 0 radical (unpaired) electrons. The minimum atomic E-state index is -0.179. The van der Waals surface area contributed by atoms with Gasteiger partial charge < -0.3 is 25.2 Å². The first kappa shape index (κ1) is 21.5. The number of carbonyl (C=O) groups excluding carboxylic acids is 2. The van der Waals surface area contributed by atoms with Crippen LogP contribution in [0.3, 0.4) is 0 Å². The lowest BCUT2D eigenvalue weighted by Gasteiger charge is -2.30. The van der Waals surface area contributed by atoms with Crippen LogP contribution < -0.4 is 15.0 Å². The third kappa shape index (κ3) is 5.05. The second kappa shape index (κ2) is 9.08. The van der Waals surface area contributed by atoms with E-state index in [4.69, 9.17) is 4.74 Å². The number of nitrogens with zero attached hydrogens (tertiary/aromatic N) is 2. The smallest absolute Gasteiger partial charge is 0.321 e. The fourth-order valence-corrected chi connectivity index (χ4v) is 2.88. The van der Waals surface area contributed by atoms with Crippen molar-refractivity contribution in [3.05, 3.63) is 66.7 Å². The molecule has 1 heterocycles. The van der Waals surface area contributed by atoms with Crippen LogP contribution in [-0.2, 0) is 4.79 Å². The Bertz CT molecular complexity index is 1050. The van der Waals surface area contributed by atoms with Gasteiger partial charge in [0.2, 0.25) is 5.91 Å². The third-order valence-electron chi connectivity index (χ3n) is 4.33. The lowest BCUT2D eigenvalue weighted by molar-refractivity contribution is -0.115. The Morgan fingerprint density at radius 1 is 0.871 bits per heavy atom. The Hall–Kier alpha value is -4.20. The molecule has 31 heavy (non-hydrogen) atoms. The summed E-state index contributed by atoms with van der Waals surface area (Å²) in [6.07, 6.45) is 0. The molecule has 0 aromatic heterocycles. The Kier molecular flexibility index (Phi) is 6.30. The third-order valence-corrected chi connectivity index (χ3v) is 4.33. The van der Waals surface area contributed by atoms with Crippen molar-refractivity contribution in [2.45, 2.75) is 6.92 Å². The first-order chi connectivity index (χ1) is 14.8. The maximum atomic E-state index is 11.8. The van der Waals surface area contributed by atoms with Gasteiger partial charge in [-0.1, -0.05) is 18.2 Å². The van der Waals surface area contributed by atoms with Crippen LogP contribution >= 0.6 is 0 Å². The number of urea groups is 1. The Labute approximate surface area is 179 Å². The minimum Gasteiger partial charge on any atom is -0.508 e. The molecule has 0 fully saturated rings. The summed E-state index contributed by atoms with van der Waals surface area (Å²) < 4.78 is 5.61. The Balaban J connectivity index is 0.000000196. The second-order valence-corrected chi connectivity index (χ2v) is 6.95. The highest BCUT2D eigenvalue weighted by atomic mass is 16.5. The van der Waals surface area contributed by atoms with E-state index >= 15 is 0 Å². The predicted molar refractivity (Wildman–Crippen MR) is 118 cm³/mol. The molecule has 3 aromatic carbocycles. The summed E-state index contributed by atoms with van der Waals surface area (Å²) in [6, 6.07) is 18.3. The number of phenolic OH excluding ortho intramolecular Hbond substituents is 2. The van der Waals surface area contributed by atoms with E-state index in [2.05, 4.69) is 5.32 Å². The van der Waals surface area contributed by atoms with Crippen molar-refractivity contribution >= 4 is 29.0 Å². The summed E-state index contributed by atoms with van der Waals surface area (Å²) in [5, 5.41) is 21.7. The number of anilines is 3. The van der Waals surface area contributed by atoms with Gasteiger partial charge in [0.25, 0.3) is 0 Å². The predicted octanol–water partition coefficient (Wildman–Crippen LogP) is 4.67. The number of rotatable bonds is 1. The molecule has 0 bridgehead atoms. The lowest BCUT2D eigenvalue weighted by Crippen LogP contribution is -2.27. The summed E-state index contributed by atoms with van der Waals surface area (Å²) in [5.41, 5.74) is 1.93. The largest absolute Gasteiger partial charge is 0.508 e. The van der Waals surface area contributed by atoms with E-state index in [9.17, 15) is 19.8 Å². The van der Waals surface area contributed by atoms with E-state index in [0.29, 0.717) is 22.9 Å². The number of hydrogen-bond acceptors (Lipinski definition) is 5. The molecule has 0 aliphatic carbocycles. The molecule has 3 amide bonds. The highest BCUT2D eigenvalue weighted by Crippen LogP contribution is 2.48. The summed E-state index contributed by atoms with van der Waals surface area (Å²) in [4.78, 5) is 25.9. The summed E-state index contributed by atoms with van der Waals surface area (Å²) in [5.74, 6) is 0.653. The monoisotopic (exact) mass is 421 g/mol. The molecule has 8 nitrogen and oxygen atoms in total. The van der Waals surface area contributed by atoms with Crippen LogP contribution in [0.1, 0.15) is 6.92 Å².